The molecule has 2 amide bonds. The van der Waals surface area contributed by atoms with E-state index in [9.17, 15) is 4.79 Å². The molecular weight excluding hydrogens is 410 g/mol. The molecule has 2 aromatic heterocycles. The molecule has 2 fully saturated rings. The predicted octanol–water partition coefficient (Wildman–Crippen LogP) is 3.25. The number of hydrogen-bond acceptors (Lipinski definition) is 6. The van der Waals surface area contributed by atoms with Gasteiger partial charge in [-0.05, 0) is 61.0 Å². The first-order chi connectivity index (χ1) is 15.2. The second-order valence-corrected chi connectivity index (χ2v) is 9.41. The molecule has 168 valence electrons. The number of thiophene rings is 1. The first kappa shape index (κ1) is 22.0. The molecule has 2 saturated heterocycles. The Kier molecular flexibility index (Phi) is 7.77. The maximum Gasteiger partial charge on any atom is 0.315 e. The summed E-state index contributed by atoms with van der Waals surface area (Å²) in [7, 11) is 0. The molecule has 0 saturated carbocycles. The molecule has 7 nitrogen and oxygen atoms in total. The first-order valence-electron chi connectivity index (χ1n) is 11.3. The lowest BCUT2D eigenvalue weighted by Gasteiger charge is -2.36. The molecule has 0 radical (unpaired) electrons. The van der Waals surface area contributed by atoms with E-state index in [4.69, 9.17) is 4.74 Å². The smallest absolute Gasteiger partial charge is 0.315 e. The number of ether oxygens (including phenoxy) is 1. The van der Waals surface area contributed by atoms with Crippen LogP contribution in [0.3, 0.4) is 0 Å². The minimum Gasteiger partial charge on any atom is -0.378 e. The molecule has 4 rings (SSSR count). The van der Waals surface area contributed by atoms with E-state index >= 15 is 0 Å². The number of nitrogens with one attached hydrogen (secondary N) is 2. The Balaban J connectivity index is 1.29. The minimum atomic E-state index is -0.128. The summed E-state index contributed by atoms with van der Waals surface area (Å²) in [6, 6.07) is 8.39. The normalized spacial score (nSPS) is 19.2. The lowest BCUT2D eigenvalue weighted by molar-refractivity contribution is 0.122. The zero-order chi connectivity index (χ0) is 21.5. The molecule has 2 aromatic rings. The summed E-state index contributed by atoms with van der Waals surface area (Å²) in [6.45, 7) is 8.78. The first-order valence-corrected chi connectivity index (χ1v) is 12.1. The summed E-state index contributed by atoms with van der Waals surface area (Å²) in [5.41, 5.74) is 1.05. The number of carbonyl (C=O) groups excluding carboxylic acids is 1. The molecule has 1 atom stereocenters. The number of urea groups is 1. The molecular formula is C23H33N5O2S. The third-order valence-corrected chi connectivity index (χ3v) is 7.16. The number of morpholine rings is 1. The maximum atomic E-state index is 12.5. The van der Waals surface area contributed by atoms with Crippen LogP contribution in [-0.4, -0.2) is 61.9 Å². The van der Waals surface area contributed by atoms with Crippen LogP contribution in [0.2, 0.25) is 0 Å². The fraction of sp³-hybridized carbons (Fsp3) is 0.565. The second kappa shape index (κ2) is 10.9. The average Bonchev–Trinajstić information content (AvgIpc) is 3.34. The van der Waals surface area contributed by atoms with Crippen LogP contribution in [0.25, 0.3) is 0 Å². The molecule has 0 aliphatic carbocycles. The summed E-state index contributed by atoms with van der Waals surface area (Å²) >= 11 is 1.77. The van der Waals surface area contributed by atoms with Crippen LogP contribution in [0, 0.1) is 5.92 Å². The van der Waals surface area contributed by atoms with Gasteiger partial charge >= 0.3 is 6.03 Å². The molecule has 31 heavy (non-hydrogen) atoms. The van der Waals surface area contributed by atoms with Gasteiger partial charge in [-0.25, -0.2) is 9.78 Å². The number of aromatic nitrogens is 1. The van der Waals surface area contributed by atoms with Gasteiger partial charge in [0.25, 0.3) is 0 Å². The quantitative estimate of drug-likeness (QED) is 0.688. The van der Waals surface area contributed by atoms with E-state index in [1.165, 1.54) is 17.7 Å². The number of piperidine rings is 1. The van der Waals surface area contributed by atoms with Crippen LogP contribution in [0.4, 0.5) is 10.6 Å². The van der Waals surface area contributed by atoms with Crippen LogP contribution in [0.5, 0.6) is 0 Å². The van der Waals surface area contributed by atoms with Crippen molar-refractivity contribution in [3.63, 3.8) is 0 Å². The highest BCUT2D eigenvalue weighted by molar-refractivity contribution is 7.10. The summed E-state index contributed by atoms with van der Waals surface area (Å²) in [5, 5.41) is 8.22. The number of hydrogen-bond donors (Lipinski definition) is 2. The third kappa shape index (κ3) is 6.18. The van der Waals surface area contributed by atoms with Crippen molar-refractivity contribution in [3.05, 3.63) is 46.3 Å². The maximum absolute atomic E-state index is 12.5. The van der Waals surface area contributed by atoms with E-state index in [0.717, 1.165) is 56.7 Å². The van der Waals surface area contributed by atoms with Gasteiger partial charge in [-0.1, -0.05) is 13.0 Å². The van der Waals surface area contributed by atoms with E-state index < -0.39 is 0 Å². The molecule has 0 spiro atoms. The van der Waals surface area contributed by atoms with Crippen molar-refractivity contribution in [3.8, 4) is 0 Å². The van der Waals surface area contributed by atoms with Crippen LogP contribution in [0.1, 0.15) is 36.2 Å². The number of anilines is 1. The Morgan fingerprint density at radius 3 is 2.77 bits per heavy atom. The van der Waals surface area contributed by atoms with Gasteiger partial charge in [-0.3, -0.25) is 4.90 Å². The van der Waals surface area contributed by atoms with E-state index in [1.807, 2.05) is 12.3 Å². The fourth-order valence-corrected chi connectivity index (χ4v) is 5.06. The lowest BCUT2D eigenvalue weighted by Crippen LogP contribution is -2.44. The Bertz CT molecular complexity index is 817. The zero-order valence-electron chi connectivity index (χ0n) is 18.3. The van der Waals surface area contributed by atoms with E-state index in [0.29, 0.717) is 13.1 Å². The van der Waals surface area contributed by atoms with Gasteiger partial charge in [-0.15, -0.1) is 11.3 Å². The number of rotatable bonds is 7. The highest BCUT2D eigenvalue weighted by Gasteiger charge is 2.25. The van der Waals surface area contributed by atoms with Gasteiger partial charge in [0.2, 0.25) is 0 Å². The Morgan fingerprint density at radius 2 is 2.03 bits per heavy atom. The molecule has 2 aliphatic heterocycles. The van der Waals surface area contributed by atoms with Crippen LogP contribution >= 0.6 is 11.3 Å². The van der Waals surface area contributed by atoms with Crippen molar-refractivity contribution in [2.45, 2.75) is 32.4 Å². The molecule has 0 bridgehead atoms. The number of amides is 2. The summed E-state index contributed by atoms with van der Waals surface area (Å²) < 4.78 is 5.41. The predicted molar refractivity (Wildman–Crippen MR) is 125 cm³/mol. The van der Waals surface area contributed by atoms with Crippen molar-refractivity contribution < 1.29 is 9.53 Å². The number of nitrogens with zero attached hydrogens (tertiary/aromatic N) is 3. The van der Waals surface area contributed by atoms with Crippen LogP contribution in [-0.2, 0) is 11.3 Å². The van der Waals surface area contributed by atoms with Gasteiger partial charge in [0.15, 0.2) is 0 Å². The minimum absolute atomic E-state index is 0.128. The van der Waals surface area contributed by atoms with Crippen LogP contribution < -0.4 is 15.5 Å². The topological polar surface area (TPSA) is 69.7 Å². The molecule has 2 aliphatic rings. The van der Waals surface area contributed by atoms with Gasteiger partial charge < -0.3 is 20.3 Å². The van der Waals surface area contributed by atoms with Gasteiger partial charge in [0.05, 0.1) is 19.3 Å². The van der Waals surface area contributed by atoms with Gasteiger partial charge in [-0.2, -0.15) is 0 Å². The van der Waals surface area contributed by atoms with E-state index in [2.05, 4.69) is 55.9 Å². The van der Waals surface area contributed by atoms with Gasteiger partial charge in [0, 0.05) is 37.3 Å². The summed E-state index contributed by atoms with van der Waals surface area (Å²) in [5.74, 6) is 1.74. The molecule has 4 heterocycles. The average molecular weight is 444 g/mol. The molecule has 1 unspecified atom stereocenters. The molecule has 8 heteroatoms. The van der Waals surface area contributed by atoms with Crippen LogP contribution in [0.15, 0.2) is 35.8 Å². The highest BCUT2D eigenvalue weighted by Crippen LogP contribution is 2.29. The van der Waals surface area contributed by atoms with Crippen molar-refractivity contribution >= 4 is 23.2 Å². The monoisotopic (exact) mass is 443 g/mol. The zero-order valence-corrected chi connectivity index (χ0v) is 19.1. The van der Waals surface area contributed by atoms with Crippen molar-refractivity contribution in [1.29, 1.82) is 0 Å². The molecule has 2 N–H and O–H groups in total. The van der Waals surface area contributed by atoms with E-state index in [-0.39, 0.29) is 12.1 Å². The Hall–Kier alpha value is -2.16. The molecule has 0 aromatic carbocycles. The highest BCUT2D eigenvalue weighted by atomic mass is 32.1. The second-order valence-electron chi connectivity index (χ2n) is 8.43. The number of pyridine rings is 1. The fourth-order valence-electron chi connectivity index (χ4n) is 4.20. The number of likely N-dealkylation sites (tertiary alicyclic amines) is 1. The van der Waals surface area contributed by atoms with Crippen molar-refractivity contribution in [2.24, 2.45) is 5.92 Å². The summed E-state index contributed by atoms with van der Waals surface area (Å²) in [6.07, 6.45) is 4.26. The standard InChI is InChI=1S/C23H33N5O2S/c1-18-5-8-27(9-6-18)20(21-3-2-14-31-21)17-26-23(29)25-16-19-4-7-24-22(15-19)28-10-12-30-13-11-28/h2-4,7,14-15,18,20H,5-6,8-13,16-17H2,1H3,(H2,25,26,29). The summed E-state index contributed by atoms with van der Waals surface area (Å²) in [4.78, 5) is 23.1. The SMILES string of the molecule is CC1CCN(C(CNC(=O)NCc2ccnc(N3CCOCC3)c2)c2cccs2)CC1. The van der Waals surface area contributed by atoms with Crippen molar-refractivity contribution in [2.75, 3.05) is 50.8 Å². The largest absolute Gasteiger partial charge is 0.378 e. The lowest BCUT2D eigenvalue weighted by atomic mass is 9.97. The Morgan fingerprint density at radius 1 is 1.23 bits per heavy atom. The number of carbonyl (C=O) groups is 1. The van der Waals surface area contributed by atoms with Crippen molar-refractivity contribution in [1.82, 2.24) is 20.5 Å². The van der Waals surface area contributed by atoms with Gasteiger partial charge in [0.1, 0.15) is 5.82 Å². The Labute approximate surface area is 188 Å². The third-order valence-electron chi connectivity index (χ3n) is 6.18. The van der Waals surface area contributed by atoms with E-state index in [1.54, 1.807) is 11.3 Å².